The van der Waals surface area contributed by atoms with E-state index in [1.54, 1.807) is 7.11 Å². The molecule has 1 N–H and O–H groups in total. The molecule has 0 aromatic carbocycles. The lowest BCUT2D eigenvalue weighted by molar-refractivity contribution is 0.0126. The van der Waals surface area contributed by atoms with Crippen molar-refractivity contribution in [1.29, 1.82) is 0 Å². The van der Waals surface area contributed by atoms with E-state index in [1.165, 1.54) is 12.8 Å². The number of aliphatic hydroxyl groups excluding tert-OH is 1. The van der Waals surface area contributed by atoms with Gasteiger partial charge in [0.15, 0.2) is 0 Å². The molecule has 0 unspecified atom stereocenters. The van der Waals surface area contributed by atoms with E-state index in [0.29, 0.717) is 12.5 Å². The van der Waals surface area contributed by atoms with E-state index in [0.717, 1.165) is 12.8 Å². The molecular weight excluding hydrogens is 164 g/mol. The van der Waals surface area contributed by atoms with Gasteiger partial charge in [0, 0.05) is 13.7 Å². The largest absolute Gasteiger partial charge is 0.396 e. The number of methoxy groups -OCH3 is 1. The summed E-state index contributed by atoms with van der Waals surface area (Å²) in [4.78, 5) is 0. The van der Waals surface area contributed by atoms with Crippen LogP contribution >= 0.6 is 0 Å². The first kappa shape index (κ1) is 12.9. The molecule has 0 saturated carbocycles. The van der Waals surface area contributed by atoms with E-state index in [9.17, 15) is 0 Å². The zero-order valence-corrected chi connectivity index (χ0v) is 9.47. The second-order valence-corrected chi connectivity index (χ2v) is 4.47. The van der Waals surface area contributed by atoms with E-state index >= 15 is 0 Å². The summed E-state index contributed by atoms with van der Waals surface area (Å²) in [5, 5.41) is 8.72. The van der Waals surface area contributed by atoms with Crippen LogP contribution in [0.2, 0.25) is 0 Å². The molecule has 13 heavy (non-hydrogen) atoms. The lowest BCUT2D eigenvalue weighted by Gasteiger charge is -2.23. The highest BCUT2D eigenvalue weighted by molar-refractivity contribution is 4.68. The fourth-order valence-corrected chi connectivity index (χ4v) is 1.34. The number of hydrogen-bond donors (Lipinski definition) is 1. The van der Waals surface area contributed by atoms with Crippen molar-refractivity contribution in [2.24, 2.45) is 5.92 Å². The second kappa shape index (κ2) is 6.39. The molecule has 2 nitrogen and oxygen atoms in total. The van der Waals surface area contributed by atoms with Crippen molar-refractivity contribution in [3.8, 4) is 0 Å². The quantitative estimate of drug-likeness (QED) is 0.665. The summed E-state index contributed by atoms with van der Waals surface area (Å²) in [6, 6.07) is 0. The third-order valence-corrected chi connectivity index (χ3v) is 2.65. The van der Waals surface area contributed by atoms with Gasteiger partial charge >= 0.3 is 0 Å². The molecule has 0 aliphatic carbocycles. The van der Waals surface area contributed by atoms with Gasteiger partial charge in [-0.3, -0.25) is 0 Å². The lowest BCUT2D eigenvalue weighted by atomic mass is 9.95. The Bertz CT molecular complexity index is 121. The molecule has 0 bridgehead atoms. The normalized spacial score (nSPS) is 14.5. The molecule has 0 fully saturated rings. The van der Waals surface area contributed by atoms with Gasteiger partial charge in [0.05, 0.1) is 5.60 Å². The predicted molar refractivity (Wildman–Crippen MR) is 55.8 cm³/mol. The smallest absolute Gasteiger partial charge is 0.0622 e. The molecule has 0 aromatic rings. The fourth-order valence-electron chi connectivity index (χ4n) is 1.34. The molecule has 0 rings (SSSR count). The standard InChI is InChI=1S/C11H24O2/c1-10(7-9-12)6-5-8-11(2,3)13-4/h10,12H,5-9H2,1-4H3/t10-/m0/s1. The van der Waals surface area contributed by atoms with Crippen LogP contribution in [0.15, 0.2) is 0 Å². The maximum Gasteiger partial charge on any atom is 0.0622 e. The summed E-state index contributed by atoms with van der Waals surface area (Å²) < 4.78 is 5.33. The Balaban J connectivity index is 3.44. The van der Waals surface area contributed by atoms with Crippen LogP contribution in [0.4, 0.5) is 0 Å². The van der Waals surface area contributed by atoms with E-state index in [4.69, 9.17) is 9.84 Å². The highest BCUT2D eigenvalue weighted by atomic mass is 16.5. The van der Waals surface area contributed by atoms with Gasteiger partial charge in [-0.25, -0.2) is 0 Å². The minimum Gasteiger partial charge on any atom is -0.396 e. The maximum absolute atomic E-state index is 8.72. The Morgan fingerprint density at radius 1 is 1.31 bits per heavy atom. The zero-order chi connectivity index (χ0) is 10.3. The fraction of sp³-hybridized carbons (Fsp3) is 1.00. The Hall–Kier alpha value is -0.0800. The molecule has 0 amide bonds. The lowest BCUT2D eigenvalue weighted by Crippen LogP contribution is -2.22. The van der Waals surface area contributed by atoms with Crippen molar-refractivity contribution in [2.75, 3.05) is 13.7 Å². The van der Waals surface area contributed by atoms with Crippen LogP contribution in [-0.4, -0.2) is 24.4 Å². The molecule has 0 spiro atoms. The third-order valence-electron chi connectivity index (χ3n) is 2.65. The first-order chi connectivity index (χ1) is 6.02. The molecule has 2 heteroatoms. The second-order valence-electron chi connectivity index (χ2n) is 4.47. The van der Waals surface area contributed by atoms with Crippen LogP contribution in [0.5, 0.6) is 0 Å². The van der Waals surface area contributed by atoms with Gasteiger partial charge in [-0.2, -0.15) is 0 Å². The zero-order valence-electron chi connectivity index (χ0n) is 9.47. The van der Waals surface area contributed by atoms with Crippen LogP contribution < -0.4 is 0 Å². The number of aliphatic hydroxyl groups is 1. The van der Waals surface area contributed by atoms with Gasteiger partial charge in [0.2, 0.25) is 0 Å². The molecule has 0 heterocycles. The molecule has 0 saturated heterocycles. The van der Waals surface area contributed by atoms with Crippen molar-refractivity contribution in [3.63, 3.8) is 0 Å². The van der Waals surface area contributed by atoms with Crippen molar-refractivity contribution in [2.45, 2.75) is 52.1 Å². The molecule has 80 valence electrons. The molecule has 1 atom stereocenters. The molecule has 0 radical (unpaired) electrons. The molecular formula is C11H24O2. The number of ether oxygens (including phenoxy) is 1. The Labute approximate surface area is 82.3 Å². The monoisotopic (exact) mass is 188 g/mol. The van der Waals surface area contributed by atoms with Gasteiger partial charge in [-0.1, -0.05) is 19.8 Å². The van der Waals surface area contributed by atoms with Crippen LogP contribution in [-0.2, 0) is 4.74 Å². The van der Waals surface area contributed by atoms with Gasteiger partial charge in [-0.05, 0) is 32.6 Å². The highest BCUT2D eigenvalue weighted by Gasteiger charge is 2.15. The van der Waals surface area contributed by atoms with Crippen LogP contribution in [0.3, 0.4) is 0 Å². The van der Waals surface area contributed by atoms with Gasteiger partial charge < -0.3 is 9.84 Å². The molecule has 0 aliphatic heterocycles. The van der Waals surface area contributed by atoms with Crippen LogP contribution in [0.25, 0.3) is 0 Å². The summed E-state index contributed by atoms with van der Waals surface area (Å²) in [6.45, 7) is 6.73. The third kappa shape index (κ3) is 7.03. The van der Waals surface area contributed by atoms with E-state index in [-0.39, 0.29) is 5.60 Å². The van der Waals surface area contributed by atoms with E-state index < -0.39 is 0 Å². The summed E-state index contributed by atoms with van der Waals surface area (Å²) in [5.74, 6) is 0.637. The number of rotatable bonds is 7. The first-order valence-corrected chi connectivity index (χ1v) is 5.18. The molecule has 0 aliphatic rings. The van der Waals surface area contributed by atoms with Gasteiger partial charge in [-0.15, -0.1) is 0 Å². The number of hydrogen-bond acceptors (Lipinski definition) is 2. The minimum atomic E-state index is 0.0128. The summed E-state index contributed by atoms with van der Waals surface area (Å²) in [6.07, 6.45) is 4.39. The molecule has 0 aromatic heterocycles. The van der Waals surface area contributed by atoms with Crippen molar-refractivity contribution in [3.05, 3.63) is 0 Å². The Kier molecular flexibility index (Phi) is 6.35. The van der Waals surface area contributed by atoms with E-state index in [2.05, 4.69) is 20.8 Å². The summed E-state index contributed by atoms with van der Waals surface area (Å²) in [7, 11) is 1.76. The van der Waals surface area contributed by atoms with Crippen molar-refractivity contribution in [1.82, 2.24) is 0 Å². The average molecular weight is 188 g/mol. The Morgan fingerprint density at radius 3 is 2.38 bits per heavy atom. The predicted octanol–water partition coefficient (Wildman–Crippen LogP) is 2.60. The van der Waals surface area contributed by atoms with Crippen LogP contribution in [0.1, 0.15) is 46.5 Å². The Morgan fingerprint density at radius 2 is 1.92 bits per heavy atom. The first-order valence-electron chi connectivity index (χ1n) is 5.18. The SMILES string of the molecule is COC(C)(C)CCC[C@H](C)CCO. The summed E-state index contributed by atoms with van der Waals surface area (Å²) in [5.41, 5.74) is 0.0128. The van der Waals surface area contributed by atoms with Crippen LogP contribution in [0, 0.1) is 5.92 Å². The highest BCUT2D eigenvalue weighted by Crippen LogP contribution is 2.19. The van der Waals surface area contributed by atoms with Gasteiger partial charge in [0.25, 0.3) is 0 Å². The van der Waals surface area contributed by atoms with Gasteiger partial charge in [0.1, 0.15) is 0 Å². The van der Waals surface area contributed by atoms with Crippen molar-refractivity contribution >= 4 is 0 Å². The maximum atomic E-state index is 8.72. The topological polar surface area (TPSA) is 29.5 Å². The minimum absolute atomic E-state index is 0.0128. The van der Waals surface area contributed by atoms with Crippen molar-refractivity contribution < 1.29 is 9.84 Å². The van der Waals surface area contributed by atoms with E-state index in [1.807, 2.05) is 0 Å². The summed E-state index contributed by atoms with van der Waals surface area (Å²) >= 11 is 0. The average Bonchev–Trinajstić information content (AvgIpc) is 2.05.